The molecular weight excluding hydrogens is 468 g/mol. The zero-order valence-corrected chi connectivity index (χ0v) is 17.9. The molecule has 1 aliphatic heterocycles. The van der Waals surface area contributed by atoms with E-state index in [4.69, 9.17) is 5.11 Å². The molecule has 1 aromatic heterocycles. The molecule has 2 aromatic carbocycles. The SMILES string of the molecule is O=C(O)c1ccc(-n2cccc2/C=C2\SC(=O)N(Cc3ccc(Br)cc3)C2=O)cc1. The normalized spacial score (nSPS) is 15.2. The van der Waals surface area contributed by atoms with Gasteiger partial charge in [-0.1, -0.05) is 28.1 Å². The Balaban J connectivity index is 1.58. The summed E-state index contributed by atoms with van der Waals surface area (Å²) < 4.78 is 2.76. The standard InChI is InChI=1S/C22H15BrN2O4S/c23-16-7-3-14(4-8-16)13-25-20(26)19(30-22(25)29)12-18-2-1-11-24(18)17-9-5-15(6-10-17)21(27)28/h1-12H,13H2,(H,27,28)/b19-12-. The molecule has 0 radical (unpaired) electrons. The van der Waals surface area contributed by atoms with Crippen molar-refractivity contribution >= 4 is 50.9 Å². The Morgan fingerprint density at radius 2 is 1.73 bits per heavy atom. The van der Waals surface area contributed by atoms with Crippen LogP contribution in [0.5, 0.6) is 0 Å². The molecule has 2 amide bonds. The van der Waals surface area contributed by atoms with Crippen LogP contribution in [-0.2, 0) is 11.3 Å². The van der Waals surface area contributed by atoms with E-state index in [0.717, 1.165) is 27.5 Å². The fourth-order valence-corrected chi connectivity index (χ4v) is 4.14. The number of rotatable bonds is 5. The van der Waals surface area contributed by atoms with Crippen molar-refractivity contribution in [1.29, 1.82) is 0 Å². The van der Waals surface area contributed by atoms with Crippen LogP contribution in [0.15, 0.2) is 76.2 Å². The average Bonchev–Trinajstić information content (AvgIpc) is 3.30. The number of carbonyl (C=O) groups excluding carboxylic acids is 2. The van der Waals surface area contributed by atoms with Crippen molar-refractivity contribution in [3.63, 3.8) is 0 Å². The molecule has 1 aliphatic rings. The fraction of sp³-hybridized carbons (Fsp3) is 0.0455. The second-order valence-electron chi connectivity index (χ2n) is 6.55. The highest BCUT2D eigenvalue weighted by Gasteiger charge is 2.35. The molecule has 1 saturated heterocycles. The summed E-state index contributed by atoms with van der Waals surface area (Å²) in [6.45, 7) is 0.215. The lowest BCUT2D eigenvalue weighted by Crippen LogP contribution is -2.27. The maximum Gasteiger partial charge on any atom is 0.335 e. The molecule has 8 heteroatoms. The zero-order valence-electron chi connectivity index (χ0n) is 15.5. The van der Waals surface area contributed by atoms with E-state index >= 15 is 0 Å². The molecule has 0 unspecified atom stereocenters. The third kappa shape index (κ3) is 4.10. The van der Waals surface area contributed by atoms with Gasteiger partial charge >= 0.3 is 5.97 Å². The van der Waals surface area contributed by atoms with Gasteiger partial charge in [0.1, 0.15) is 0 Å². The van der Waals surface area contributed by atoms with Crippen molar-refractivity contribution in [3.05, 3.63) is 93.1 Å². The molecule has 1 N–H and O–H groups in total. The quantitative estimate of drug-likeness (QED) is 0.507. The number of carboxylic acids is 1. The van der Waals surface area contributed by atoms with Crippen LogP contribution in [-0.4, -0.2) is 31.7 Å². The van der Waals surface area contributed by atoms with Crippen molar-refractivity contribution in [1.82, 2.24) is 9.47 Å². The molecule has 2 heterocycles. The second kappa shape index (κ2) is 8.33. The van der Waals surface area contributed by atoms with Crippen LogP contribution in [0.1, 0.15) is 21.6 Å². The monoisotopic (exact) mass is 482 g/mol. The number of benzene rings is 2. The summed E-state index contributed by atoms with van der Waals surface area (Å²) in [7, 11) is 0. The van der Waals surface area contributed by atoms with Crippen LogP contribution >= 0.6 is 27.7 Å². The number of aromatic carboxylic acids is 1. The summed E-state index contributed by atoms with van der Waals surface area (Å²) >= 11 is 4.28. The Labute approximate surface area is 184 Å². The molecule has 0 atom stereocenters. The summed E-state index contributed by atoms with van der Waals surface area (Å²) in [5, 5.41) is 8.75. The summed E-state index contributed by atoms with van der Waals surface area (Å²) in [6, 6.07) is 17.5. The summed E-state index contributed by atoms with van der Waals surface area (Å²) in [6.07, 6.45) is 3.49. The van der Waals surface area contributed by atoms with Crippen molar-refractivity contribution in [2.45, 2.75) is 6.54 Å². The third-order valence-corrected chi connectivity index (χ3v) is 6.02. The van der Waals surface area contributed by atoms with E-state index < -0.39 is 5.97 Å². The lowest BCUT2D eigenvalue weighted by Gasteiger charge is -2.12. The Hall–Kier alpha value is -3.10. The average molecular weight is 483 g/mol. The van der Waals surface area contributed by atoms with E-state index in [2.05, 4.69) is 15.9 Å². The Morgan fingerprint density at radius 3 is 2.40 bits per heavy atom. The van der Waals surface area contributed by atoms with Crippen molar-refractivity contribution in [3.8, 4) is 5.69 Å². The predicted molar refractivity (Wildman–Crippen MR) is 118 cm³/mol. The number of aromatic nitrogens is 1. The maximum atomic E-state index is 12.8. The highest BCUT2D eigenvalue weighted by atomic mass is 79.9. The van der Waals surface area contributed by atoms with Gasteiger partial charge in [0.15, 0.2) is 0 Å². The highest BCUT2D eigenvalue weighted by Crippen LogP contribution is 2.33. The zero-order chi connectivity index (χ0) is 21.3. The molecule has 3 aromatic rings. The number of nitrogens with zero attached hydrogens (tertiary/aromatic N) is 2. The van der Waals surface area contributed by atoms with E-state index in [1.165, 1.54) is 17.0 Å². The molecule has 1 fully saturated rings. The van der Waals surface area contributed by atoms with Crippen molar-refractivity contribution in [2.75, 3.05) is 0 Å². The molecule has 6 nitrogen and oxygen atoms in total. The first kappa shape index (κ1) is 20.2. The molecule has 0 bridgehead atoms. The minimum absolute atomic E-state index is 0.196. The third-order valence-electron chi connectivity index (χ3n) is 4.58. The van der Waals surface area contributed by atoms with Gasteiger partial charge in [-0.15, -0.1) is 0 Å². The first-order chi connectivity index (χ1) is 14.4. The summed E-state index contributed by atoms with van der Waals surface area (Å²) in [5.41, 5.74) is 2.53. The number of hydrogen-bond donors (Lipinski definition) is 1. The molecule has 0 aliphatic carbocycles. The van der Waals surface area contributed by atoms with E-state index in [1.54, 1.807) is 18.2 Å². The second-order valence-corrected chi connectivity index (χ2v) is 8.46. The number of carboxylic acid groups (broad SMARTS) is 1. The van der Waals surface area contributed by atoms with Crippen molar-refractivity contribution in [2.24, 2.45) is 0 Å². The lowest BCUT2D eigenvalue weighted by molar-refractivity contribution is -0.123. The Morgan fingerprint density at radius 1 is 1.03 bits per heavy atom. The molecular formula is C22H15BrN2O4S. The lowest BCUT2D eigenvalue weighted by atomic mass is 10.2. The number of carbonyl (C=O) groups is 3. The van der Waals surface area contributed by atoms with Crippen LogP contribution in [0.4, 0.5) is 4.79 Å². The van der Waals surface area contributed by atoms with E-state index in [-0.39, 0.29) is 23.3 Å². The van der Waals surface area contributed by atoms with Crippen LogP contribution in [0, 0.1) is 0 Å². The van der Waals surface area contributed by atoms with Gasteiger partial charge in [-0.3, -0.25) is 14.5 Å². The van der Waals surface area contributed by atoms with Crippen LogP contribution in [0.25, 0.3) is 11.8 Å². The van der Waals surface area contributed by atoms with Crippen LogP contribution in [0.2, 0.25) is 0 Å². The van der Waals surface area contributed by atoms with Gasteiger partial charge in [0.2, 0.25) is 0 Å². The molecule has 30 heavy (non-hydrogen) atoms. The molecule has 4 rings (SSSR count). The smallest absolute Gasteiger partial charge is 0.335 e. The number of amides is 2. The maximum absolute atomic E-state index is 12.8. The van der Waals surface area contributed by atoms with E-state index in [1.807, 2.05) is 47.2 Å². The van der Waals surface area contributed by atoms with Crippen LogP contribution in [0.3, 0.4) is 0 Å². The number of thioether (sulfide) groups is 1. The van der Waals surface area contributed by atoms with Crippen molar-refractivity contribution < 1.29 is 19.5 Å². The van der Waals surface area contributed by atoms with Gasteiger partial charge in [0, 0.05) is 22.1 Å². The molecule has 0 saturated carbocycles. The predicted octanol–water partition coefficient (Wildman–Crippen LogP) is 5.17. The highest BCUT2D eigenvalue weighted by molar-refractivity contribution is 9.10. The Kier molecular flexibility index (Phi) is 5.61. The van der Waals surface area contributed by atoms with Gasteiger partial charge in [-0.2, -0.15) is 0 Å². The first-order valence-electron chi connectivity index (χ1n) is 8.93. The number of halogens is 1. The Bertz CT molecular complexity index is 1170. The van der Waals surface area contributed by atoms with Gasteiger partial charge in [0.05, 0.1) is 17.0 Å². The minimum atomic E-state index is -0.992. The van der Waals surface area contributed by atoms with E-state index in [9.17, 15) is 14.4 Å². The van der Waals surface area contributed by atoms with Gasteiger partial charge in [-0.25, -0.2) is 4.79 Å². The summed E-state index contributed by atoms with van der Waals surface area (Å²) in [4.78, 5) is 37.8. The van der Waals surface area contributed by atoms with Crippen LogP contribution < -0.4 is 0 Å². The summed E-state index contributed by atoms with van der Waals surface area (Å²) in [5.74, 6) is -1.32. The minimum Gasteiger partial charge on any atom is -0.478 e. The molecule has 150 valence electrons. The first-order valence-corrected chi connectivity index (χ1v) is 10.5. The van der Waals surface area contributed by atoms with Gasteiger partial charge < -0.3 is 9.67 Å². The van der Waals surface area contributed by atoms with Gasteiger partial charge in [-0.05, 0) is 71.9 Å². The number of imide groups is 1. The topological polar surface area (TPSA) is 79.6 Å². The van der Waals surface area contributed by atoms with Gasteiger partial charge in [0.25, 0.3) is 11.1 Å². The van der Waals surface area contributed by atoms with E-state index in [0.29, 0.717) is 10.6 Å². The fourth-order valence-electron chi connectivity index (χ4n) is 3.05. The largest absolute Gasteiger partial charge is 0.478 e. The molecule has 0 spiro atoms. The number of hydrogen-bond acceptors (Lipinski definition) is 4.